The van der Waals surface area contributed by atoms with Crippen LogP contribution < -0.4 is 10.6 Å². The zero-order valence-corrected chi connectivity index (χ0v) is 15.9. The van der Waals surface area contributed by atoms with Gasteiger partial charge in [0.05, 0.1) is 0 Å². The van der Waals surface area contributed by atoms with Crippen LogP contribution in [0.1, 0.15) is 40.9 Å². The molecule has 0 aliphatic rings. The summed E-state index contributed by atoms with van der Waals surface area (Å²) in [5, 5.41) is 22.4. The van der Waals surface area contributed by atoms with Crippen LogP contribution in [0.25, 0.3) is 0 Å². The topological polar surface area (TPSA) is 131 Å². The minimum Gasteiger partial charge on any atom is -0.476 e. The summed E-state index contributed by atoms with van der Waals surface area (Å²) in [6.45, 7) is 4.06. The lowest BCUT2D eigenvalue weighted by molar-refractivity contribution is -0.119. The first-order valence-electron chi connectivity index (χ1n) is 8.91. The van der Waals surface area contributed by atoms with Crippen molar-refractivity contribution in [2.24, 2.45) is 0 Å². The maximum absolute atomic E-state index is 12.5. The summed E-state index contributed by atoms with van der Waals surface area (Å²) < 4.78 is 2.86. The van der Waals surface area contributed by atoms with Gasteiger partial charge in [-0.1, -0.05) is 6.07 Å². The number of carbonyl (C=O) groups excluding carboxylic acids is 2. The molecule has 3 N–H and O–H groups in total. The Labute approximate surface area is 166 Å². The van der Waals surface area contributed by atoms with E-state index in [1.165, 1.54) is 16.9 Å². The normalized spacial score (nSPS) is 11.7. The lowest BCUT2D eigenvalue weighted by Gasteiger charge is -2.14. The molecule has 0 saturated heterocycles. The second-order valence-corrected chi connectivity index (χ2v) is 6.22. The highest BCUT2D eigenvalue weighted by molar-refractivity contribution is 6.03. The van der Waals surface area contributed by atoms with Crippen LogP contribution in [0, 0.1) is 0 Å². The molecule has 0 fully saturated rings. The van der Waals surface area contributed by atoms with Gasteiger partial charge in [-0.05, 0) is 44.2 Å². The number of anilines is 2. The van der Waals surface area contributed by atoms with E-state index in [4.69, 9.17) is 5.11 Å². The third-order valence-corrected chi connectivity index (χ3v) is 4.24. The van der Waals surface area contributed by atoms with Crippen molar-refractivity contribution in [1.82, 2.24) is 19.6 Å². The van der Waals surface area contributed by atoms with E-state index in [-0.39, 0.29) is 17.5 Å². The summed E-state index contributed by atoms with van der Waals surface area (Å²) in [7, 11) is 0. The van der Waals surface area contributed by atoms with Gasteiger partial charge in [0.15, 0.2) is 5.69 Å². The highest BCUT2D eigenvalue weighted by Crippen LogP contribution is 2.18. The molecule has 10 heteroatoms. The monoisotopic (exact) mass is 396 g/mol. The molecule has 3 aromatic rings. The number of carboxylic acid groups (broad SMARTS) is 1. The molecule has 2 aromatic heterocycles. The Hall–Kier alpha value is -3.95. The van der Waals surface area contributed by atoms with Crippen molar-refractivity contribution in [1.29, 1.82) is 0 Å². The number of benzene rings is 1. The summed E-state index contributed by atoms with van der Waals surface area (Å²) in [5.74, 6) is -1.85. The maximum atomic E-state index is 12.5. The second kappa shape index (κ2) is 8.38. The summed E-state index contributed by atoms with van der Waals surface area (Å²) in [4.78, 5) is 35.8. The first kappa shape index (κ1) is 19.8. The van der Waals surface area contributed by atoms with Gasteiger partial charge in [-0.15, -0.1) is 0 Å². The summed E-state index contributed by atoms with van der Waals surface area (Å²) >= 11 is 0. The largest absolute Gasteiger partial charge is 0.476 e. The molecule has 150 valence electrons. The van der Waals surface area contributed by atoms with Crippen LogP contribution in [0.5, 0.6) is 0 Å². The minimum absolute atomic E-state index is 0.138. The average molecular weight is 396 g/mol. The van der Waals surface area contributed by atoms with Crippen molar-refractivity contribution >= 4 is 29.2 Å². The van der Waals surface area contributed by atoms with E-state index >= 15 is 0 Å². The number of carbonyl (C=O) groups is 3. The van der Waals surface area contributed by atoms with E-state index in [0.29, 0.717) is 23.6 Å². The highest BCUT2D eigenvalue weighted by Gasteiger charge is 2.18. The standard InChI is InChI=1S/C19H20N6O4/c1-3-24-16(7-9-20-24)18(27)22-14-6-4-5-13(11-14)21-17(26)12(2)25-10-8-15(23-25)19(28)29/h4-12H,3H2,1-2H3,(H,21,26)(H,22,27)(H,28,29). The van der Waals surface area contributed by atoms with E-state index in [1.807, 2.05) is 6.92 Å². The number of hydrogen-bond acceptors (Lipinski definition) is 5. The lowest BCUT2D eigenvalue weighted by Crippen LogP contribution is -2.24. The smallest absolute Gasteiger partial charge is 0.356 e. The molecule has 1 aromatic carbocycles. The van der Waals surface area contributed by atoms with Crippen LogP contribution in [0.3, 0.4) is 0 Å². The van der Waals surface area contributed by atoms with Gasteiger partial charge in [-0.3, -0.25) is 19.0 Å². The van der Waals surface area contributed by atoms with Gasteiger partial charge < -0.3 is 15.7 Å². The molecule has 29 heavy (non-hydrogen) atoms. The van der Waals surface area contributed by atoms with Crippen molar-refractivity contribution in [3.8, 4) is 0 Å². The molecule has 0 saturated carbocycles. The molecule has 1 unspecified atom stereocenters. The van der Waals surface area contributed by atoms with Crippen molar-refractivity contribution in [3.63, 3.8) is 0 Å². The lowest BCUT2D eigenvalue weighted by atomic mass is 10.2. The number of nitrogens with one attached hydrogen (secondary N) is 2. The van der Waals surface area contributed by atoms with Crippen LogP contribution >= 0.6 is 0 Å². The summed E-state index contributed by atoms with van der Waals surface area (Å²) in [6, 6.07) is 8.94. The van der Waals surface area contributed by atoms with Gasteiger partial charge in [0.25, 0.3) is 5.91 Å². The highest BCUT2D eigenvalue weighted by atomic mass is 16.4. The Morgan fingerprint density at radius 3 is 2.52 bits per heavy atom. The molecule has 2 amide bonds. The summed E-state index contributed by atoms with van der Waals surface area (Å²) in [5.41, 5.74) is 1.29. The number of rotatable bonds is 7. The Balaban J connectivity index is 1.68. The molecule has 10 nitrogen and oxygen atoms in total. The van der Waals surface area contributed by atoms with Crippen LogP contribution in [-0.2, 0) is 11.3 Å². The molecule has 0 bridgehead atoms. The molecule has 0 spiro atoms. The van der Waals surface area contributed by atoms with E-state index < -0.39 is 12.0 Å². The van der Waals surface area contributed by atoms with Gasteiger partial charge in [0, 0.05) is 30.3 Å². The zero-order chi connectivity index (χ0) is 21.0. The van der Waals surface area contributed by atoms with E-state index in [1.54, 1.807) is 48.1 Å². The van der Waals surface area contributed by atoms with Crippen LogP contribution in [-0.4, -0.2) is 42.5 Å². The Morgan fingerprint density at radius 1 is 1.14 bits per heavy atom. The fraction of sp³-hybridized carbons (Fsp3) is 0.211. The van der Waals surface area contributed by atoms with Gasteiger partial charge in [0.1, 0.15) is 11.7 Å². The number of amides is 2. The number of aromatic carboxylic acids is 1. The predicted octanol–water partition coefficient (Wildman–Crippen LogP) is 2.25. The van der Waals surface area contributed by atoms with Crippen LogP contribution in [0.2, 0.25) is 0 Å². The molecular weight excluding hydrogens is 376 g/mol. The van der Waals surface area contributed by atoms with Gasteiger partial charge >= 0.3 is 5.97 Å². The predicted molar refractivity (Wildman–Crippen MR) is 105 cm³/mol. The van der Waals surface area contributed by atoms with Gasteiger partial charge in [-0.2, -0.15) is 10.2 Å². The van der Waals surface area contributed by atoms with Gasteiger partial charge in [0.2, 0.25) is 5.91 Å². The molecular formula is C19H20N6O4. The number of nitrogens with zero attached hydrogens (tertiary/aromatic N) is 4. The minimum atomic E-state index is -1.16. The number of aryl methyl sites for hydroxylation is 1. The zero-order valence-electron chi connectivity index (χ0n) is 15.9. The maximum Gasteiger partial charge on any atom is 0.356 e. The molecule has 0 aliphatic carbocycles. The SMILES string of the molecule is CCn1nccc1C(=O)Nc1cccc(NC(=O)C(C)n2ccc(C(=O)O)n2)c1. The number of hydrogen-bond donors (Lipinski definition) is 3. The van der Waals surface area contributed by atoms with Crippen LogP contribution in [0.4, 0.5) is 11.4 Å². The third-order valence-electron chi connectivity index (χ3n) is 4.24. The van der Waals surface area contributed by atoms with E-state index in [0.717, 1.165) is 0 Å². The van der Waals surface area contributed by atoms with E-state index in [2.05, 4.69) is 20.8 Å². The van der Waals surface area contributed by atoms with Crippen LogP contribution in [0.15, 0.2) is 48.8 Å². The van der Waals surface area contributed by atoms with Crippen molar-refractivity contribution in [3.05, 3.63) is 60.2 Å². The van der Waals surface area contributed by atoms with Crippen molar-refractivity contribution in [2.75, 3.05) is 10.6 Å². The Bertz CT molecular complexity index is 1050. The first-order valence-corrected chi connectivity index (χ1v) is 8.91. The Kier molecular flexibility index (Phi) is 5.72. The summed E-state index contributed by atoms with van der Waals surface area (Å²) in [6.07, 6.45) is 2.99. The van der Waals surface area contributed by atoms with Crippen molar-refractivity contribution < 1.29 is 19.5 Å². The molecule has 3 rings (SSSR count). The second-order valence-electron chi connectivity index (χ2n) is 6.22. The third kappa shape index (κ3) is 4.49. The first-order chi connectivity index (χ1) is 13.9. The molecule has 0 radical (unpaired) electrons. The number of carboxylic acids is 1. The quantitative estimate of drug-likeness (QED) is 0.561. The van der Waals surface area contributed by atoms with Gasteiger partial charge in [-0.25, -0.2) is 4.79 Å². The molecule has 0 aliphatic heterocycles. The molecule has 2 heterocycles. The fourth-order valence-electron chi connectivity index (χ4n) is 2.68. The van der Waals surface area contributed by atoms with E-state index in [9.17, 15) is 14.4 Å². The van der Waals surface area contributed by atoms with Crippen molar-refractivity contribution in [2.45, 2.75) is 26.4 Å². The molecule has 1 atom stereocenters. The Morgan fingerprint density at radius 2 is 1.86 bits per heavy atom. The fourth-order valence-corrected chi connectivity index (χ4v) is 2.68. The number of aromatic nitrogens is 4. The average Bonchev–Trinajstić information content (AvgIpc) is 3.37.